The van der Waals surface area contributed by atoms with Crippen LogP contribution >= 0.6 is 0 Å². The fourth-order valence-corrected chi connectivity index (χ4v) is 3.80. The van der Waals surface area contributed by atoms with Crippen molar-refractivity contribution in [3.8, 4) is 11.3 Å². The van der Waals surface area contributed by atoms with E-state index < -0.39 is 0 Å². The average Bonchev–Trinajstić information content (AvgIpc) is 3.14. The lowest BCUT2D eigenvalue weighted by Crippen LogP contribution is -2.34. The number of imidazole rings is 1. The Hall–Kier alpha value is -1.61. The van der Waals surface area contributed by atoms with E-state index >= 15 is 0 Å². The van der Waals surface area contributed by atoms with E-state index in [4.69, 9.17) is 0 Å². The van der Waals surface area contributed by atoms with Gasteiger partial charge in [-0.05, 0) is 23.8 Å². The molecule has 0 fully saturated rings. The molecule has 0 aliphatic carbocycles. The van der Waals surface area contributed by atoms with Gasteiger partial charge in [0.15, 0.2) is 0 Å². The molecule has 3 heteroatoms. The summed E-state index contributed by atoms with van der Waals surface area (Å²) in [5.41, 5.74) is 3.75. The molecule has 0 amide bonds. The van der Waals surface area contributed by atoms with Gasteiger partial charge in [0, 0.05) is 11.5 Å². The van der Waals surface area contributed by atoms with Gasteiger partial charge in [-0.25, -0.2) is 4.98 Å². The minimum absolute atomic E-state index is 0.188. The molecular formula is C21H32N2O. The first-order chi connectivity index (χ1) is 11.5. The standard InChI is InChI=1S/C19H26N2O.C2H6/c1-12(2)9-16(19(22)13(3)4)18-15-8-6-5-7-14(15)17-10-20-11-21(17)18;1-2/h5-8,10-13,16,18-19,22H,9H2,1-4H3;1-2H3/t16-,18-,19-;/m0./s1. The van der Waals surface area contributed by atoms with Crippen LogP contribution in [-0.4, -0.2) is 20.8 Å². The van der Waals surface area contributed by atoms with E-state index in [1.807, 2.05) is 26.4 Å². The minimum atomic E-state index is -0.311. The lowest BCUT2D eigenvalue weighted by atomic mass is 9.79. The summed E-state index contributed by atoms with van der Waals surface area (Å²) in [7, 11) is 0. The molecule has 0 unspecified atom stereocenters. The largest absolute Gasteiger partial charge is 0.392 e. The van der Waals surface area contributed by atoms with E-state index in [0.717, 1.165) is 6.42 Å². The van der Waals surface area contributed by atoms with Crippen molar-refractivity contribution in [3.63, 3.8) is 0 Å². The number of nitrogens with zero attached hydrogens (tertiary/aromatic N) is 2. The zero-order valence-corrected chi connectivity index (χ0v) is 15.9. The molecule has 1 aliphatic heterocycles. The molecule has 132 valence electrons. The Bertz CT molecular complexity index is 645. The SMILES string of the molecule is CC.CC(C)C[C@H]([C@@H](O)C(C)C)[C@@H]1c2ccccc2-c2cncn21. The smallest absolute Gasteiger partial charge is 0.0956 e. The number of hydrogen-bond donors (Lipinski definition) is 1. The van der Waals surface area contributed by atoms with E-state index in [2.05, 4.69) is 61.5 Å². The Morgan fingerprint density at radius 2 is 1.79 bits per heavy atom. The molecular weight excluding hydrogens is 296 g/mol. The summed E-state index contributed by atoms with van der Waals surface area (Å²) in [5, 5.41) is 10.9. The summed E-state index contributed by atoms with van der Waals surface area (Å²) in [4.78, 5) is 4.34. The second kappa shape index (κ2) is 7.98. The first-order valence-corrected chi connectivity index (χ1v) is 9.30. The molecule has 1 aromatic carbocycles. The van der Waals surface area contributed by atoms with Crippen LogP contribution in [0.3, 0.4) is 0 Å². The topological polar surface area (TPSA) is 38.1 Å². The first-order valence-electron chi connectivity index (χ1n) is 9.30. The Kier molecular flexibility index (Phi) is 6.22. The van der Waals surface area contributed by atoms with Gasteiger partial charge in [0.25, 0.3) is 0 Å². The third-order valence-corrected chi connectivity index (χ3v) is 4.79. The Morgan fingerprint density at radius 1 is 1.12 bits per heavy atom. The van der Waals surface area contributed by atoms with Gasteiger partial charge in [0.2, 0.25) is 0 Å². The second-order valence-corrected chi connectivity index (χ2v) is 7.25. The quantitative estimate of drug-likeness (QED) is 0.823. The summed E-state index contributed by atoms with van der Waals surface area (Å²) in [6.07, 6.45) is 4.55. The van der Waals surface area contributed by atoms with E-state index in [-0.39, 0.29) is 24.0 Å². The van der Waals surface area contributed by atoms with Crippen molar-refractivity contribution >= 4 is 0 Å². The van der Waals surface area contributed by atoms with Crippen LogP contribution < -0.4 is 0 Å². The second-order valence-electron chi connectivity index (χ2n) is 7.25. The van der Waals surface area contributed by atoms with Gasteiger partial charge in [-0.3, -0.25) is 0 Å². The minimum Gasteiger partial charge on any atom is -0.392 e. The van der Waals surface area contributed by atoms with Gasteiger partial charge in [-0.1, -0.05) is 65.8 Å². The molecule has 0 bridgehead atoms. The molecule has 1 N–H and O–H groups in total. The van der Waals surface area contributed by atoms with Crippen LogP contribution in [0.15, 0.2) is 36.8 Å². The maximum atomic E-state index is 10.9. The average molecular weight is 329 g/mol. The maximum absolute atomic E-state index is 10.9. The van der Waals surface area contributed by atoms with Crippen LogP contribution in [0.5, 0.6) is 0 Å². The third-order valence-electron chi connectivity index (χ3n) is 4.79. The number of fused-ring (bicyclic) bond motifs is 3. The van der Waals surface area contributed by atoms with Gasteiger partial charge in [0.05, 0.1) is 30.4 Å². The lowest BCUT2D eigenvalue weighted by molar-refractivity contribution is 0.0364. The summed E-state index contributed by atoms with van der Waals surface area (Å²) in [6, 6.07) is 8.73. The summed E-state index contributed by atoms with van der Waals surface area (Å²) < 4.78 is 2.25. The predicted molar refractivity (Wildman–Crippen MR) is 101 cm³/mol. The van der Waals surface area contributed by atoms with E-state index in [0.29, 0.717) is 5.92 Å². The summed E-state index contributed by atoms with van der Waals surface area (Å²) in [5.74, 6) is 1.01. The molecule has 0 spiro atoms. The van der Waals surface area contributed by atoms with Gasteiger partial charge in [-0.2, -0.15) is 0 Å². The highest BCUT2D eigenvalue weighted by molar-refractivity contribution is 5.69. The van der Waals surface area contributed by atoms with E-state index in [1.54, 1.807) is 0 Å². The van der Waals surface area contributed by atoms with Crippen LogP contribution in [0, 0.1) is 17.8 Å². The Morgan fingerprint density at radius 3 is 2.42 bits per heavy atom. The normalized spacial score (nSPS) is 18.0. The molecule has 3 nitrogen and oxygen atoms in total. The molecule has 1 aromatic heterocycles. The molecule has 2 heterocycles. The van der Waals surface area contributed by atoms with Gasteiger partial charge >= 0.3 is 0 Å². The van der Waals surface area contributed by atoms with Crippen LogP contribution in [0.4, 0.5) is 0 Å². The Labute approximate surface area is 146 Å². The molecule has 0 saturated heterocycles. The lowest BCUT2D eigenvalue weighted by Gasteiger charge is -2.33. The number of hydrogen-bond acceptors (Lipinski definition) is 2. The van der Waals surface area contributed by atoms with Crippen molar-refractivity contribution in [1.82, 2.24) is 9.55 Å². The predicted octanol–water partition coefficient (Wildman–Crippen LogP) is 5.16. The van der Waals surface area contributed by atoms with E-state index in [9.17, 15) is 5.11 Å². The van der Waals surface area contributed by atoms with E-state index in [1.165, 1.54) is 16.8 Å². The van der Waals surface area contributed by atoms with Crippen LogP contribution in [0.1, 0.15) is 59.6 Å². The highest BCUT2D eigenvalue weighted by Gasteiger charge is 2.38. The number of aliphatic hydroxyl groups excluding tert-OH is 1. The molecule has 0 radical (unpaired) electrons. The zero-order chi connectivity index (χ0) is 17.9. The summed E-state index contributed by atoms with van der Waals surface area (Å²) in [6.45, 7) is 12.7. The fourth-order valence-electron chi connectivity index (χ4n) is 3.80. The monoisotopic (exact) mass is 328 g/mol. The van der Waals surface area contributed by atoms with Gasteiger partial charge < -0.3 is 9.67 Å². The van der Waals surface area contributed by atoms with Crippen molar-refractivity contribution in [2.45, 2.75) is 60.1 Å². The number of aliphatic hydroxyl groups is 1. The first kappa shape index (κ1) is 18.7. The molecule has 1 aliphatic rings. The molecule has 24 heavy (non-hydrogen) atoms. The number of benzene rings is 1. The molecule has 3 rings (SSSR count). The van der Waals surface area contributed by atoms with Crippen molar-refractivity contribution in [3.05, 3.63) is 42.4 Å². The van der Waals surface area contributed by atoms with Crippen LogP contribution in [0.25, 0.3) is 11.3 Å². The molecule has 0 saturated carbocycles. The van der Waals surface area contributed by atoms with Gasteiger partial charge in [0.1, 0.15) is 0 Å². The highest BCUT2D eigenvalue weighted by Crippen LogP contribution is 2.46. The fraction of sp³-hybridized carbons (Fsp3) is 0.571. The zero-order valence-electron chi connectivity index (χ0n) is 15.9. The number of aromatic nitrogens is 2. The number of rotatable bonds is 5. The van der Waals surface area contributed by atoms with Crippen molar-refractivity contribution < 1.29 is 5.11 Å². The molecule has 2 aromatic rings. The van der Waals surface area contributed by atoms with Crippen molar-refractivity contribution in [2.24, 2.45) is 17.8 Å². The Balaban J connectivity index is 0.00000100. The summed E-state index contributed by atoms with van der Waals surface area (Å²) >= 11 is 0. The van der Waals surface area contributed by atoms with Crippen molar-refractivity contribution in [2.75, 3.05) is 0 Å². The van der Waals surface area contributed by atoms with Crippen molar-refractivity contribution in [1.29, 1.82) is 0 Å². The highest BCUT2D eigenvalue weighted by atomic mass is 16.3. The van der Waals surface area contributed by atoms with Crippen LogP contribution in [-0.2, 0) is 0 Å². The van der Waals surface area contributed by atoms with Gasteiger partial charge in [-0.15, -0.1) is 0 Å². The van der Waals surface area contributed by atoms with Crippen LogP contribution in [0.2, 0.25) is 0 Å². The maximum Gasteiger partial charge on any atom is 0.0956 e. The third kappa shape index (κ3) is 3.41. The molecule has 3 atom stereocenters.